The molecule has 162 valence electrons. The van der Waals surface area contributed by atoms with Crippen molar-refractivity contribution in [3.8, 4) is 16.5 Å². The third-order valence-corrected chi connectivity index (χ3v) is 5.12. The molecule has 10 nitrogen and oxygen atoms in total. The molecule has 2 aromatic heterocycles. The summed E-state index contributed by atoms with van der Waals surface area (Å²) in [4.78, 5) is 40.3. The van der Waals surface area contributed by atoms with Crippen molar-refractivity contribution in [2.75, 3.05) is 12.4 Å². The number of ether oxygens (including phenoxy) is 2. The SMILES string of the molecule is COc1ccc([N+](=O)[O-])cc1NC(=O)C(C)OC(=O)Cc1nc(-c2cccs2)oc1C. The molecule has 1 aromatic carbocycles. The molecule has 0 radical (unpaired) electrons. The van der Waals surface area contributed by atoms with Crippen molar-refractivity contribution in [3.63, 3.8) is 0 Å². The van der Waals surface area contributed by atoms with Gasteiger partial charge in [-0.05, 0) is 31.4 Å². The van der Waals surface area contributed by atoms with Crippen LogP contribution in [0.15, 0.2) is 40.1 Å². The first kappa shape index (κ1) is 22.0. The summed E-state index contributed by atoms with van der Waals surface area (Å²) in [5.41, 5.74) is 0.294. The van der Waals surface area contributed by atoms with Crippen molar-refractivity contribution in [2.24, 2.45) is 0 Å². The van der Waals surface area contributed by atoms with Gasteiger partial charge in [0.2, 0.25) is 5.89 Å². The Bertz CT molecular complexity index is 1110. The third kappa shape index (κ3) is 5.25. The molecule has 0 bridgehead atoms. The van der Waals surface area contributed by atoms with Gasteiger partial charge in [0.15, 0.2) is 6.10 Å². The van der Waals surface area contributed by atoms with Crippen LogP contribution in [0.25, 0.3) is 10.8 Å². The van der Waals surface area contributed by atoms with Crippen molar-refractivity contribution in [2.45, 2.75) is 26.4 Å². The highest BCUT2D eigenvalue weighted by Gasteiger charge is 2.23. The highest BCUT2D eigenvalue weighted by atomic mass is 32.1. The Morgan fingerprint density at radius 1 is 1.35 bits per heavy atom. The minimum Gasteiger partial charge on any atom is -0.495 e. The number of thiophene rings is 1. The lowest BCUT2D eigenvalue weighted by molar-refractivity contribution is -0.384. The lowest BCUT2D eigenvalue weighted by Crippen LogP contribution is -2.30. The number of nitro benzene ring substituents is 1. The summed E-state index contributed by atoms with van der Waals surface area (Å²) in [6.45, 7) is 3.08. The van der Waals surface area contributed by atoms with Crippen LogP contribution in [-0.2, 0) is 20.7 Å². The van der Waals surface area contributed by atoms with E-state index in [1.807, 2.05) is 17.5 Å². The molecule has 0 saturated carbocycles. The van der Waals surface area contributed by atoms with Crippen molar-refractivity contribution in [3.05, 3.63) is 57.3 Å². The van der Waals surface area contributed by atoms with Gasteiger partial charge in [-0.3, -0.25) is 19.7 Å². The number of benzene rings is 1. The second-order valence-corrected chi connectivity index (χ2v) is 7.39. The summed E-state index contributed by atoms with van der Waals surface area (Å²) in [5.74, 6) is -0.194. The van der Waals surface area contributed by atoms with E-state index in [9.17, 15) is 19.7 Å². The summed E-state index contributed by atoms with van der Waals surface area (Å²) in [7, 11) is 1.37. The smallest absolute Gasteiger partial charge is 0.312 e. The minimum atomic E-state index is -1.15. The number of nitrogens with zero attached hydrogens (tertiary/aromatic N) is 2. The molecular formula is C20H19N3O7S. The van der Waals surface area contributed by atoms with E-state index in [4.69, 9.17) is 13.9 Å². The number of anilines is 1. The second-order valence-electron chi connectivity index (χ2n) is 6.44. The number of nitro groups is 1. The Morgan fingerprint density at radius 3 is 2.77 bits per heavy atom. The van der Waals surface area contributed by atoms with Crippen LogP contribution < -0.4 is 10.1 Å². The topological polar surface area (TPSA) is 134 Å². The second kappa shape index (κ2) is 9.39. The Hall–Kier alpha value is -3.73. The van der Waals surface area contributed by atoms with Crippen molar-refractivity contribution < 1.29 is 28.4 Å². The summed E-state index contributed by atoms with van der Waals surface area (Å²) < 4.78 is 15.9. The van der Waals surface area contributed by atoms with Crippen molar-refractivity contribution >= 4 is 34.6 Å². The lowest BCUT2D eigenvalue weighted by atomic mass is 10.2. The number of rotatable bonds is 8. The Morgan fingerprint density at radius 2 is 2.13 bits per heavy atom. The maximum Gasteiger partial charge on any atom is 0.312 e. The normalized spacial score (nSPS) is 11.6. The van der Waals surface area contributed by atoms with E-state index in [1.165, 1.54) is 37.5 Å². The molecule has 0 spiro atoms. The van der Waals surface area contributed by atoms with Crippen LogP contribution in [0.5, 0.6) is 5.75 Å². The van der Waals surface area contributed by atoms with Crippen LogP contribution in [0.4, 0.5) is 11.4 Å². The molecule has 0 aliphatic heterocycles. The van der Waals surface area contributed by atoms with Crippen LogP contribution >= 0.6 is 11.3 Å². The summed E-state index contributed by atoms with van der Waals surface area (Å²) in [6.07, 6.45) is -1.32. The molecule has 1 amide bonds. The maximum absolute atomic E-state index is 12.4. The molecule has 0 aliphatic carbocycles. The quantitative estimate of drug-likeness (QED) is 0.315. The fourth-order valence-electron chi connectivity index (χ4n) is 2.67. The highest BCUT2D eigenvalue weighted by Crippen LogP contribution is 2.29. The van der Waals surface area contributed by atoms with E-state index >= 15 is 0 Å². The number of aromatic nitrogens is 1. The number of esters is 1. The van der Waals surface area contributed by atoms with E-state index in [0.29, 0.717) is 17.3 Å². The van der Waals surface area contributed by atoms with Crippen LogP contribution in [0.3, 0.4) is 0 Å². The minimum absolute atomic E-state index is 0.0949. The molecular weight excluding hydrogens is 426 g/mol. The highest BCUT2D eigenvalue weighted by molar-refractivity contribution is 7.13. The van der Waals surface area contributed by atoms with Gasteiger partial charge in [-0.1, -0.05) is 6.07 Å². The zero-order valence-corrected chi connectivity index (χ0v) is 17.7. The van der Waals surface area contributed by atoms with Crippen molar-refractivity contribution in [1.82, 2.24) is 4.98 Å². The van der Waals surface area contributed by atoms with E-state index in [-0.39, 0.29) is 23.5 Å². The largest absolute Gasteiger partial charge is 0.495 e. The van der Waals surface area contributed by atoms with Crippen LogP contribution in [-0.4, -0.2) is 35.0 Å². The average molecular weight is 445 g/mol. The van der Waals surface area contributed by atoms with Gasteiger partial charge in [0.1, 0.15) is 11.5 Å². The standard InChI is InChI=1S/C20H19N3O7S/c1-11-14(22-20(30-11)17-5-4-8-31-17)10-18(24)29-12(2)19(25)21-15-9-13(23(26)27)6-7-16(15)28-3/h4-9,12H,10H2,1-3H3,(H,21,25). The van der Waals surface area contributed by atoms with E-state index in [1.54, 1.807) is 6.92 Å². The third-order valence-electron chi connectivity index (χ3n) is 4.27. The number of carbonyl (C=O) groups is 2. The zero-order chi connectivity index (χ0) is 22.5. The van der Waals surface area contributed by atoms with Crippen LogP contribution in [0.1, 0.15) is 18.4 Å². The Balaban J connectivity index is 1.63. The fourth-order valence-corrected chi connectivity index (χ4v) is 3.32. The molecule has 3 rings (SSSR count). The Labute approximate surface area is 181 Å². The van der Waals surface area contributed by atoms with Gasteiger partial charge in [-0.2, -0.15) is 0 Å². The monoisotopic (exact) mass is 445 g/mol. The molecule has 0 fully saturated rings. The first-order valence-corrected chi connectivity index (χ1v) is 9.99. The first-order valence-electron chi connectivity index (χ1n) is 9.11. The van der Waals surface area contributed by atoms with Crippen LogP contribution in [0, 0.1) is 17.0 Å². The average Bonchev–Trinajstić information content (AvgIpc) is 3.38. The Kier molecular flexibility index (Phi) is 6.65. The summed E-state index contributed by atoms with van der Waals surface area (Å²) >= 11 is 1.46. The van der Waals surface area contributed by atoms with Gasteiger partial charge in [0.25, 0.3) is 11.6 Å². The number of methoxy groups -OCH3 is 1. The fraction of sp³-hybridized carbons (Fsp3) is 0.250. The number of aryl methyl sites for hydroxylation is 1. The molecule has 1 N–H and O–H groups in total. The van der Waals surface area contributed by atoms with Gasteiger partial charge in [0, 0.05) is 12.1 Å². The molecule has 1 unspecified atom stereocenters. The number of oxazole rings is 1. The van der Waals surface area contributed by atoms with E-state index in [2.05, 4.69) is 10.3 Å². The molecule has 0 aliphatic rings. The molecule has 0 saturated heterocycles. The molecule has 1 atom stereocenters. The van der Waals surface area contributed by atoms with Gasteiger partial charge < -0.3 is 19.2 Å². The van der Waals surface area contributed by atoms with Crippen molar-refractivity contribution in [1.29, 1.82) is 0 Å². The predicted molar refractivity (Wildman–Crippen MR) is 112 cm³/mol. The molecule has 3 aromatic rings. The number of non-ortho nitro benzene ring substituents is 1. The van der Waals surface area contributed by atoms with Crippen LogP contribution in [0.2, 0.25) is 0 Å². The number of hydrogen-bond acceptors (Lipinski definition) is 9. The number of nitrogens with one attached hydrogen (secondary N) is 1. The van der Waals surface area contributed by atoms with Gasteiger partial charge in [-0.25, -0.2) is 4.98 Å². The summed E-state index contributed by atoms with van der Waals surface area (Å²) in [5, 5.41) is 15.3. The number of carbonyl (C=O) groups excluding carboxylic acids is 2. The van der Waals surface area contributed by atoms with Gasteiger partial charge >= 0.3 is 5.97 Å². The number of hydrogen-bond donors (Lipinski definition) is 1. The van der Waals surface area contributed by atoms with Gasteiger partial charge in [-0.15, -0.1) is 11.3 Å². The summed E-state index contributed by atoms with van der Waals surface area (Å²) in [6, 6.07) is 7.50. The first-order chi connectivity index (χ1) is 14.8. The number of amides is 1. The zero-order valence-electron chi connectivity index (χ0n) is 16.9. The van der Waals surface area contributed by atoms with E-state index in [0.717, 1.165) is 10.9 Å². The maximum atomic E-state index is 12.4. The van der Waals surface area contributed by atoms with Gasteiger partial charge in [0.05, 0.1) is 34.7 Å². The molecule has 2 heterocycles. The molecule has 31 heavy (non-hydrogen) atoms. The lowest BCUT2D eigenvalue weighted by Gasteiger charge is -2.15. The van der Waals surface area contributed by atoms with E-state index < -0.39 is 22.9 Å². The molecule has 11 heteroatoms. The predicted octanol–water partition coefficient (Wildman–Crippen LogP) is 3.74.